The lowest BCUT2D eigenvalue weighted by molar-refractivity contribution is -0.143. The van der Waals surface area contributed by atoms with E-state index in [9.17, 15) is 4.79 Å². The molecule has 0 N–H and O–H groups in total. The number of oxazole rings is 1. The Balaban J connectivity index is 1.90. The van der Waals surface area contributed by atoms with Crippen LogP contribution in [0.25, 0.3) is 0 Å². The zero-order chi connectivity index (χ0) is 11.6. The van der Waals surface area contributed by atoms with Gasteiger partial charge in [-0.2, -0.15) is 0 Å². The number of carbonyl (C=O) groups is 1. The molecular weight excluding hydrogens is 226 g/mol. The van der Waals surface area contributed by atoms with Crippen LogP contribution in [0, 0.1) is 0 Å². The first-order valence-electron chi connectivity index (χ1n) is 5.51. The molecule has 0 amide bonds. The van der Waals surface area contributed by atoms with Gasteiger partial charge in [-0.05, 0) is 19.8 Å². The molecule has 0 saturated carbocycles. The van der Waals surface area contributed by atoms with Crippen molar-refractivity contribution in [1.82, 2.24) is 4.98 Å². The van der Waals surface area contributed by atoms with Crippen LogP contribution in [0.5, 0.6) is 0 Å². The number of unbranched alkanes of at least 4 members (excludes halogenated alkanes) is 2. The predicted molar refractivity (Wildman–Crippen MR) is 62.3 cm³/mol. The first kappa shape index (κ1) is 13.1. The fourth-order valence-electron chi connectivity index (χ4n) is 1.22. The quantitative estimate of drug-likeness (QED) is 0.399. The van der Waals surface area contributed by atoms with Gasteiger partial charge < -0.3 is 9.15 Å². The van der Waals surface area contributed by atoms with Gasteiger partial charge in [0, 0.05) is 12.2 Å². The van der Waals surface area contributed by atoms with Crippen molar-refractivity contribution in [3.63, 3.8) is 0 Å². The second-order valence-corrected chi connectivity index (χ2v) is 4.31. The average Bonchev–Trinajstić information content (AvgIpc) is 2.76. The summed E-state index contributed by atoms with van der Waals surface area (Å²) in [5.74, 6) is 0.881. The number of carbonyl (C=O) groups excluding carboxylic acids is 1. The van der Waals surface area contributed by atoms with Gasteiger partial charge in [0.05, 0.1) is 12.8 Å². The van der Waals surface area contributed by atoms with Crippen LogP contribution in [0.3, 0.4) is 0 Å². The van der Waals surface area contributed by atoms with Crippen molar-refractivity contribution < 1.29 is 13.9 Å². The van der Waals surface area contributed by atoms with Gasteiger partial charge in [-0.3, -0.25) is 4.79 Å². The van der Waals surface area contributed by atoms with E-state index in [-0.39, 0.29) is 5.97 Å². The van der Waals surface area contributed by atoms with Gasteiger partial charge in [0.1, 0.15) is 6.26 Å². The largest absolute Gasteiger partial charge is 0.466 e. The Hall–Kier alpha value is -0.970. The summed E-state index contributed by atoms with van der Waals surface area (Å²) in [6.45, 7) is 2.30. The molecule has 5 heteroatoms. The van der Waals surface area contributed by atoms with E-state index in [0.29, 0.717) is 18.3 Å². The van der Waals surface area contributed by atoms with Crippen LogP contribution in [0.4, 0.5) is 0 Å². The standard InChI is InChI=1S/C11H17NO3S/c1-2-14-10(13)6-4-3-5-9-16-11-12-7-8-15-11/h7-8H,2-6,9H2,1H3. The summed E-state index contributed by atoms with van der Waals surface area (Å²) in [5.41, 5.74) is 0. The van der Waals surface area contributed by atoms with Crippen LogP contribution in [0.1, 0.15) is 32.6 Å². The number of thioether (sulfide) groups is 1. The molecule has 16 heavy (non-hydrogen) atoms. The molecule has 0 saturated heterocycles. The normalized spacial score (nSPS) is 10.3. The van der Waals surface area contributed by atoms with Crippen molar-refractivity contribution in [3.05, 3.63) is 12.5 Å². The van der Waals surface area contributed by atoms with Crippen LogP contribution in [0.2, 0.25) is 0 Å². The molecule has 1 aromatic rings. The van der Waals surface area contributed by atoms with Gasteiger partial charge in [-0.25, -0.2) is 4.98 Å². The molecule has 0 aromatic carbocycles. The van der Waals surface area contributed by atoms with Gasteiger partial charge in [-0.1, -0.05) is 18.2 Å². The van der Waals surface area contributed by atoms with E-state index in [1.54, 1.807) is 24.2 Å². The number of hydrogen-bond donors (Lipinski definition) is 0. The summed E-state index contributed by atoms with van der Waals surface area (Å²) in [6, 6.07) is 0. The predicted octanol–water partition coefficient (Wildman–Crippen LogP) is 2.89. The van der Waals surface area contributed by atoms with Gasteiger partial charge in [0.2, 0.25) is 0 Å². The van der Waals surface area contributed by atoms with Crippen molar-refractivity contribution in [2.24, 2.45) is 0 Å². The van der Waals surface area contributed by atoms with Gasteiger partial charge in [0.25, 0.3) is 5.22 Å². The number of aromatic nitrogens is 1. The number of hydrogen-bond acceptors (Lipinski definition) is 5. The van der Waals surface area contributed by atoms with Crippen LogP contribution in [0.15, 0.2) is 22.1 Å². The number of esters is 1. The monoisotopic (exact) mass is 243 g/mol. The summed E-state index contributed by atoms with van der Waals surface area (Å²) < 4.78 is 9.93. The highest BCUT2D eigenvalue weighted by Gasteiger charge is 2.01. The van der Waals surface area contributed by atoms with Crippen molar-refractivity contribution in [1.29, 1.82) is 0 Å². The zero-order valence-corrected chi connectivity index (χ0v) is 10.3. The van der Waals surface area contributed by atoms with Crippen molar-refractivity contribution in [2.75, 3.05) is 12.4 Å². The second kappa shape index (κ2) is 8.21. The Morgan fingerprint density at radius 3 is 3.06 bits per heavy atom. The fraction of sp³-hybridized carbons (Fsp3) is 0.636. The Morgan fingerprint density at radius 1 is 1.50 bits per heavy atom. The highest BCUT2D eigenvalue weighted by atomic mass is 32.2. The zero-order valence-electron chi connectivity index (χ0n) is 9.48. The number of ether oxygens (including phenoxy) is 1. The molecule has 0 aliphatic heterocycles. The third kappa shape index (κ3) is 5.80. The molecule has 0 spiro atoms. The lowest BCUT2D eigenvalue weighted by atomic mass is 10.2. The molecule has 0 radical (unpaired) electrons. The van der Waals surface area contributed by atoms with Gasteiger partial charge in [-0.15, -0.1) is 0 Å². The lowest BCUT2D eigenvalue weighted by Gasteiger charge is -2.01. The summed E-state index contributed by atoms with van der Waals surface area (Å²) in [5, 5.41) is 0.713. The van der Waals surface area contributed by atoms with E-state index in [4.69, 9.17) is 9.15 Å². The minimum Gasteiger partial charge on any atom is -0.466 e. The van der Waals surface area contributed by atoms with Crippen LogP contribution in [-0.4, -0.2) is 23.3 Å². The summed E-state index contributed by atoms with van der Waals surface area (Å²) >= 11 is 1.60. The molecule has 4 nitrogen and oxygen atoms in total. The molecule has 0 atom stereocenters. The third-order valence-corrected chi connectivity index (χ3v) is 2.91. The molecule has 1 rings (SSSR count). The topological polar surface area (TPSA) is 52.3 Å². The molecule has 1 aromatic heterocycles. The molecule has 0 bridgehead atoms. The van der Waals surface area contributed by atoms with E-state index >= 15 is 0 Å². The number of rotatable bonds is 8. The second-order valence-electron chi connectivity index (χ2n) is 3.26. The Kier molecular flexibility index (Phi) is 6.72. The SMILES string of the molecule is CCOC(=O)CCCCCSc1ncco1. The van der Waals surface area contributed by atoms with E-state index in [1.807, 2.05) is 6.92 Å². The molecule has 0 fully saturated rings. The minimum atomic E-state index is -0.0946. The van der Waals surface area contributed by atoms with Crippen LogP contribution >= 0.6 is 11.8 Å². The summed E-state index contributed by atoms with van der Waals surface area (Å²) in [6.07, 6.45) is 6.73. The average molecular weight is 243 g/mol. The number of nitrogens with zero attached hydrogens (tertiary/aromatic N) is 1. The Morgan fingerprint density at radius 2 is 2.38 bits per heavy atom. The van der Waals surface area contributed by atoms with Crippen molar-refractivity contribution >= 4 is 17.7 Å². The molecule has 1 heterocycles. The van der Waals surface area contributed by atoms with E-state index < -0.39 is 0 Å². The maximum absolute atomic E-state index is 11.0. The minimum absolute atomic E-state index is 0.0946. The van der Waals surface area contributed by atoms with Gasteiger partial charge in [0.15, 0.2) is 0 Å². The first-order valence-corrected chi connectivity index (χ1v) is 6.49. The van der Waals surface area contributed by atoms with E-state index in [2.05, 4.69) is 4.98 Å². The maximum atomic E-state index is 11.0. The Labute approximate surface area is 99.8 Å². The molecule has 90 valence electrons. The van der Waals surface area contributed by atoms with Crippen LogP contribution in [-0.2, 0) is 9.53 Å². The molecule has 0 aliphatic rings. The smallest absolute Gasteiger partial charge is 0.305 e. The third-order valence-electron chi connectivity index (χ3n) is 1.97. The Bertz CT molecular complexity index is 287. The molecule has 0 unspecified atom stereocenters. The highest BCUT2D eigenvalue weighted by molar-refractivity contribution is 7.99. The summed E-state index contributed by atoms with van der Waals surface area (Å²) in [7, 11) is 0. The fourth-order valence-corrected chi connectivity index (χ4v) is 2.00. The summed E-state index contributed by atoms with van der Waals surface area (Å²) in [4.78, 5) is 15.0. The van der Waals surface area contributed by atoms with Gasteiger partial charge >= 0.3 is 5.97 Å². The highest BCUT2D eigenvalue weighted by Crippen LogP contribution is 2.17. The first-order chi connectivity index (χ1) is 7.83. The lowest BCUT2D eigenvalue weighted by Crippen LogP contribution is -2.03. The van der Waals surface area contributed by atoms with E-state index in [0.717, 1.165) is 25.0 Å². The van der Waals surface area contributed by atoms with Crippen LogP contribution < -0.4 is 0 Å². The van der Waals surface area contributed by atoms with Crippen molar-refractivity contribution in [2.45, 2.75) is 37.8 Å². The van der Waals surface area contributed by atoms with E-state index in [1.165, 1.54) is 0 Å². The van der Waals surface area contributed by atoms with Crippen molar-refractivity contribution in [3.8, 4) is 0 Å². The molecular formula is C11H17NO3S. The molecule has 0 aliphatic carbocycles. The maximum Gasteiger partial charge on any atom is 0.305 e.